The molecule has 1 spiro atoms. The molecule has 1 atom stereocenters. The van der Waals surface area contributed by atoms with Gasteiger partial charge in [-0.2, -0.15) is 4.98 Å². The number of anilines is 2. The largest absolute Gasteiger partial charge is 0.339 e. The summed E-state index contributed by atoms with van der Waals surface area (Å²) in [5, 5.41) is 0.278. The molecular formula is C18H26ClN5. The summed E-state index contributed by atoms with van der Waals surface area (Å²) in [6, 6.07) is 0.563. The van der Waals surface area contributed by atoms with Crippen LogP contribution in [0.1, 0.15) is 53.4 Å². The zero-order valence-electron chi connectivity index (χ0n) is 15.0. The molecular weight excluding hydrogens is 322 g/mol. The maximum Gasteiger partial charge on any atom is 0.224 e. The number of aromatic nitrogens is 2. The molecule has 1 aromatic heterocycles. The Bertz CT molecular complexity index is 665. The molecule has 0 aromatic carbocycles. The number of hydrogen-bond acceptors (Lipinski definition) is 4. The Balaban J connectivity index is 2.25. The van der Waals surface area contributed by atoms with Gasteiger partial charge in [-0.3, -0.25) is 9.89 Å². The van der Waals surface area contributed by atoms with Crippen molar-refractivity contribution in [3.05, 3.63) is 24.3 Å². The molecule has 2 aliphatic rings. The van der Waals surface area contributed by atoms with Crippen molar-refractivity contribution in [2.45, 2.75) is 71.0 Å². The number of amidine groups is 1. The summed E-state index contributed by atoms with van der Waals surface area (Å²) in [4.78, 5) is 18.3. The summed E-state index contributed by atoms with van der Waals surface area (Å²) >= 11 is 6.11. The molecule has 130 valence electrons. The van der Waals surface area contributed by atoms with E-state index < -0.39 is 0 Å². The fourth-order valence-electron chi connectivity index (χ4n) is 3.72. The highest BCUT2D eigenvalue weighted by atomic mass is 35.5. The number of fused-ring (bicyclic) bond motifs is 1. The number of hydrogen-bond donors (Lipinski definition) is 0. The lowest BCUT2D eigenvalue weighted by Gasteiger charge is -2.58. The van der Waals surface area contributed by atoms with E-state index in [2.05, 4.69) is 54.0 Å². The van der Waals surface area contributed by atoms with E-state index >= 15 is 0 Å². The van der Waals surface area contributed by atoms with E-state index in [-0.39, 0.29) is 16.9 Å². The van der Waals surface area contributed by atoms with Crippen LogP contribution >= 0.6 is 11.6 Å². The van der Waals surface area contributed by atoms with E-state index in [4.69, 9.17) is 16.6 Å². The number of halogens is 1. The molecule has 3 rings (SSSR count). The van der Waals surface area contributed by atoms with Gasteiger partial charge in [0.1, 0.15) is 11.5 Å². The Morgan fingerprint density at radius 3 is 2.62 bits per heavy atom. The van der Waals surface area contributed by atoms with Crippen LogP contribution in [-0.4, -0.2) is 33.4 Å². The van der Waals surface area contributed by atoms with Crippen molar-refractivity contribution >= 4 is 28.9 Å². The molecule has 1 aromatic rings. The predicted molar refractivity (Wildman–Crippen MR) is 101 cm³/mol. The SMILES string of the molecule is C=CN1C(=NC(C)CC)C2(CCC2)N(C(C)C)c2nc(Cl)ncc21. The molecule has 5 nitrogen and oxygen atoms in total. The lowest BCUT2D eigenvalue weighted by molar-refractivity contribution is 0.291. The average molecular weight is 348 g/mol. The maximum absolute atomic E-state index is 6.11. The van der Waals surface area contributed by atoms with Gasteiger partial charge in [0.15, 0.2) is 5.82 Å². The molecule has 24 heavy (non-hydrogen) atoms. The van der Waals surface area contributed by atoms with E-state index in [0.717, 1.165) is 36.6 Å². The van der Waals surface area contributed by atoms with Crippen LogP contribution in [0.2, 0.25) is 5.28 Å². The molecule has 0 radical (unpaired) electrons. The summed E-state index contributed by atoms with van der Waals surface area (Å²) in [6.07, 6.45) is 7.96. The van der Waals surface area contributed by atoms with Crippen molar-refractivity contribution < 1.29 is 0 Å². The van der Waals surface area contributed by atoms with Gasteiger partial charge in [0.2, 0.25) is 5.28 Å². The first kappa shape index (κ1) is 17.2. The van der Waals surface area contributed by atoms with Crippen LogP contribution in [0.5, 0.6) is 0 Å². The zero-order valence-corrected chi connectivity index (χ0v) is 15.7. The molecule has 1 fully saturated rings. The molecule has 0 bridgehead atoms. The van der Waals surface area contributed by atoms with Crippen molar-refractivity contribution in [2.24, 2.45) is 4.99 Å². The summed E-state index contributed by atoms with van der Waals surface area (Å²) < 4.78 is 0. The molecule has 0 N–H and O–H groups in total. The van der Waals surface area contributed by atoms with E-state index in [9.17, 15) is 0 Å². The average Bonchev–Trinajstić information content (AvgIpc) is 2.51. The lowest BCUT2D eigenvalue weighted by Crippen LogP contribution is -2.68. The molecule has 0 amide bonds. The third-order valence-electron chi connectivity index (χ3n) is 5.13. The van der Waals surface area contributed by atoms with Crippen molar-refractivity contribution in [3.8, 4) is 0 Å². The third-order valence-corrected chi connectivity index (χ3v) is 5.31. The monoisotopic (exact) mass is 347 g/mol. The van der Waals surface area contributed by atoms with Crippen LogP contribution in [0.4, 0.5) is 11.5 Å². The normalized spacial score (nSPS) is 21.8. The Morgan fingerprint density at radius 2 is 2.12 bits per heavy atom. The smallest absolute Gasteiger partial charge is 0.224 e. The molecule has 6 heteroatoms. The van der Waals surface area contributed by atoms with Crippen LogP contribution in [0, 0.1) is 0 Å². The van der Waals surface area contributed by atoms with Gasteiger partial charge >= 0.3 is 0 Å². The minimum absolute atomic E-state index is 0.115. The minimum atomic E-state index is -0.115. The Morgan fingerprint density at radius 1 is 1.42 bits per heavy atom. The quantitative estimate of drug-likeness (QED) is 0.756. The highest BCUT2D eigenvalue weighted by Gasteiger charge is 2.54. The van der Waals surface area contributed by atoms with Crippen LogP contribution in [-0.2, 0) is 0 Å². The van der Waals surface area contributed by atoms with Gasteiger partial charge in [0.25, 0.3) is 0 Å². The third kappa shape index (κ3) is 2.50. The van der Waals surface area contributed by atoms with E-state index in [0.29, 0.717) is 6.04 Å². The van der Waals surface area contributed by atoms with E-state index in [1.54, 1.807) is 6.20 Å². The zero-order chi connectivity index (χ0) is 17.5. The highest BCUT2D eigenvalue weighted by Crippen LogP contribution is 2.50. The second kappa shape index (κ2) is 6.36. The summed E-state index contributed by atoms with van der Waals surface area (Å²) in [5.74, 6) is 1.96. The minimum Gasteiger partial charge on any atom is -0.339 e. The Kier molecular flexibility index (Phi) is 4.56. The fraction of sp³-hybridized carbons (Fsp3) is 0.611. The summed E-state index contributed by atoms with van der Waals surface area (Å²) in [5.41, 5.74) is 0.791. The van der Waals surface area contributed by atoms with E-state index in [1.165, 1.54) is 6.42 Å². The number of rotatable bonds is 4. The fourth-order valence-corrected chi connectivity index (χ4v) is 3.85. The summed E-state index contributed by atoms with van der Waals surface area (Å²) in [6.45, 7) is 12.7. The van der Waals surface area contributed by atoms with Crippen molar-refractivity contribution in [1.29, 1.82) is 0 Å². The topological polar surface area (TPSA) is 44.6 Å². The molecule has 0 saturated heterocycles. The first-order chi connectivity index (χ1) is 11.4. The first-order valence-electron chi connectivity index (χ1n) is 8.76. The molecule has 2 heterocycles. The standard InChI is InChI=1S/C18H26ClN5/c1-6-13(5)21-16-18(9-8-10-18)24(12(3)4)15-14(23(16)7-2)11-20-17(19)22-15/h7,11-13H,2,6,8-10H2,1,3-5H3. The lowest BCUT2D eigenvalue weighted by atomic mass is 9.71. The molecule has 1 aliphatic heterocycles. The van der Waals surface area contributed by atoms with Crippen LogP contribution in [0.3, 0.4) is 0 Å². The summed E-state index contributed by atoms with van der Waals surface area (Å²) in [7, 11) is 0. The van der Waals surface area contributed by atoms with E-state index in [1.807, 2.05) is 6.20 Å². The van der Waals surface area contributed by atoms with Crippen LogP contribution in [0.15, 0.2) is 24.0 Å². The van der Waals surface area contributed by atoms with Crippen molar-refractivity contribution in [1.82, 2.24) is 9.97 Å². The Labute approximate surface area is 149 Å². The van der Waals surface area contributed by atoms with Gasteiger partial charge in [-0.25, -0.2) is 4.98 Å². The maximum atomic E-state index is 6.11. The molecule has 1 saturated carbocycles. The Hall–Kier alpha value is -1.62. The first-order valence-corrected chi connectivity index (χ1v) is 9.14. The van der Waals surface area contributed by atoms with Crippen LogP contribution < -0.4 is 9.80 Å². The van der Waals surface area contributed by atoms with Gasteiger partial charge in [0.05, 0.1) is 11.7 Å². The van der Waals surface area contributed by atoms with Gasteiger partial charge in [-0.05, 0) is 58.1 Å². The second-order valence-corrected chi connectivity index (χ2v) is 7.30. The van der Waals surface area contributed by atoms with Gasteiger partial charge in [-0.1, -0.05) is 13.5 Å². The van der Waals surface area contributed by atoms with Gasteiger partial charge < -0.3 is 4.90 Å². The predicted octanol–water partition coefficient (Wildman–Crippen LogP) is 4.43. The molecule has 1 aliphatic carbocycles. The number of aliphatic imine (C=N–C) groups is 1. The highest BCUT2D eigenvalue weighted by molar-refractivity contribution is 6.28. The van der Waals surface area contributed by atoms with Crippen LogP contribution in [0.25, 0.3) is 0 Å². The van der Waals surface area contributed by atoms with Crippen molar-refractivity contribution in [3.63, 3.8) is 0 Å². The van der Waals surface area contributed by atoms with Gasteiger partial charge in [-0.15, -0.1) is 0 Å². The number of nitrogens with zero attached hydrogens (tertiary/aromatic N) is 5. The van der Waals surface area contributed by atoms with Crippen molar-refractivity contribution in [2.75, 3.05) is 9.80 Å². The second-order valence-electron chi connectivity index (χ2n) is 6.96. The van der Waals surface area contributed by atoms with Gasteiger partial charge in [0, 0.05) is 18.3 Å². The molecule has 1 unspecified atom stereocenters.